The summed E-state index contributed by atoms with van der Waals surface area (Å²) in [4.78, 5) is 36.7. The number of amides is 2. The molecule has 2 aromatic carbocycles. The van der Waals surface area contributed by atoms with Crippen LogP contribution in [-0.4, -0.2) is 37.5 Å². The van der Waals surface area contributed by atoms with Gasteiger partial charge in [0.05, 0.1) is 7.11 Å². The number of rotatable bonds is 8. The molecule has 28 heavy (non-hydrogen) atoms. The van der Waals surface area contributed by atoms with Crippen molar-refractivity contribution in [3.63, 3.8) is 0 Å². The van der Waals surface area contributed by atoms with E-state index in [1.54, 1.807) is 62.4 Å². The summed E-state index contributed by atoms with van der Waals surface area (Å²) in [6.07, 6.45) is 0. The van der Waals surface area contributed by atoms with E-state index in [-0.39, 0.29) is 11.7 Å². The standard InChI is InChI=1S/C21H24N2O5/c1-14(2)19(23-21(26)22-16-7-5-4-6-8-16)20(25)28-13-18(24)15-9-11-17(27-3)12-10-15/h4-12,14,19H,13H2,1-3H3,(H2,22,23,26)/t19-/m0/s1. The molecule has 0 aromatic heterocycles. The fourth-order valence-corrected chi connectivity index (χ4v) is 2.41. The number of ketones is 1. The van der Waals surface area contributed by atoms with E-state index in [4.69, 9.17) is 9.47 Å². The third-order valence-corrected chi connectivity index (χ3v) is 4.00. The van der Waals surface area contributed by atoms with Gasteiger partial charge in [0, 0.05) is 11.3 Å². The fraction of sp³-hybridized carbons (Fsp3) is 0.286. The minimum atomic E-state index is -0.882. The maximum Gasteiger partial charge on any atom is 0.329 e. The zero-order chi connectivity index (χ0) is 20.5. The van der Waals surface area contributed by atoms with Crippen LogP contribution in [0.4, 0.5) is 10.5 Å². The first kappa shape index (κ1) is 21.0. The highest BCUT2D eigenvalue weighted by Crippen LogP contribution is 2.12. The van der Waals surface area contributed by atoms with E-state index in [1.807, 2.05) is 6.07 Å². The van der Waals surface area contributed by atoms with Crippen LogP contribution >= 0.6 is 0 Å². The maximum absolute atomic E-state index is 12.4. The fourth-order valence-electron chi connectivity index (χ4n) is 2.41. The number of ether oxygens (including phenoxy) is 2. The lowest BCUT2D eigenvalue weighted by Crippen LogP contribution is -2.47. The summed E-state index contributed by atoms with van der Waals surface area (Å²) in [6.45, 7) is 3.15. The van der Waals surface area contributed by atoms with Gasteiger partial charge >= 0.3 is 12.0 Å². The van der Waals surface area contributed by atoms with Crippen LogP contribution in [0.15, 0.2) is 54.6 Å². The molecule has 0 fully saturated rings. The third-order valence-electron chi connectivity index (χ3n) is 4.00. The van der Waals surface area contributed by atoms with Gasteiger partial charge in [0.2, 0.25) is 0 Å². The summed E-state index contributed by atoms with van der Waals surface area (Å²) in [5.41, 5.74) is 1.01. The molecule has 7 nitrogen and oxygen atoms in total. The van der Waals surface area contributed by atoms with Gasteiger partial charge in [-0.3, -0.25) is 4.79 Å². The van der Waals surface area contributed by atoms with Gasteiger partial charge in [-0.25, -0.2) is 9.59 Å². The molecule has 0 unspecified atom stereocenters. The molecule has 0 radical (unpaired) electrons. The summed E-state index contributed by atoms with van der Waals surface area (Å²) in [5, 5.41) is 5.24. The molecule has 0 heterocycles. The molecule has 0 aliphatic heterocycles. The van der Waals surface area contributed by atoms with Gasteiger partial charge in [0.25, 0.3) is 0 Å². The molecule has 2 rings (SSSR count). The lowest BCUT2D eigenvalue weighted by molar-refractivity contribution is -0.145. The van der Waals surface area contributed by atoms with Crippen molar-refractivity contribution in [3.8, 4) is 5.75 Å². The number of esters is 1. The van der Waals surface area contributed by atoms with E-state index < -0.39 is 24.6 Å². The van der Waals surface area contributed by atoms with Crippen LogP contribution < -0.4 is 15.4 Å². The highest BCUT2D eigenvalue weighted by molar-refractivity contribution is 5.98. The first-order valence-corrected chi connectivity index (χ1v) is 8.87. The smallest absolute Gasteiger partial charge is 0.329 e. The SMILES string of the molecule is COc1ccc(C(=O)COC(=O)[C@@H](NC(=O)Nc2ccccc2)C(C)C)cc1. The maximum atomic E-state index is 12.4. The molecule has 2 aromatic rings. The van der Waals surface area contributed by atoms with Crippen LogP contribution in [-0.2, 0) is 9.53 Å². The average molecular weight is 384 g/mol. The number of benzene rings is 2. The first-order chi connectivity index (χ1) is 13.4. The molecule has 0 saturated heterocycles. The Kier molecular flexibility index (Phi) is 7.56. The molecule has 0 saturated carbocycles. The number of carbonyl (C=O) groups excluding carboxylic acids is 3. The van der Waals surface area contributed by atoms with Crippen molar-refractivity contribution < 1.29 is 23.9 Å². The Balaban J connectivity index is 1.90. The number of carbonyl (C=O) groups is 3. The van der Waals surface area contributed by atoms with Gasteiger partial charge in [-0.15, -0.1) is 0 Å². The van der Waals surface area contributed by atoms with Gasteiger partial charge in [0.15, 0.2) is 12.4 Å². The summed E-state index contributed by atoms with van der Waals surface area (Å²) in [7, 11) is 1.53. The summed E-state index contributed by atoms with van der Waals surface area (Å²) >= 11 is 0. The van der Waals surface area contributed by atoms with Gasteiger partial charge in [-0.05, 0) is 42.3 Å². The Morgan fingerprint density at radius 2 is 1.61 bits per heavy atom. The average Bonchev–Trinajstić information content (AvgIpc) is 2.70. The Morgan fingerprint density at radius 1 is 0.964 bits per heavy atom. The summed E-state index contributed by atoms with van der Waals surface area (Å²) < 4.78 is 10.2. The van der Waals surface area contributed by atoms with Crippen molar-refractivity contribution >= 4 is 23.5 Å². The zero-order valence-corrected chi connectivity index (χ0v) is 16.1. The topological polar surface area (TPSA) is 93.7 Å². The first-order valence-electron chi connectivity index (χ1n) is 8.87. The van der Waals surface area contributed by atoms with Crippen LogP contribution in [0.25, 0.3) is 0 Å². The second-order valence-corrected chi connectivity index (χ2v) is 6.45. The molecule has 2 N–H and O–H groups in total. The Morgan fingerprint density at radius 3 is 2.18 bits per heavy atom. The third kappa shape index (κ3) is 6.12. The van der Waals surface area contributed by atoms with E-state index >= 15 is 0 Å². The molecular formula is C21H24N2O5. The quantitative estimate of drug-likeness (QED) is 0.538. The zero-order valence-electron chi connectivity index (χ0n) is 16.1. The number of hydrogen-bond donors (Lipinski definition) is 2. The minimum Gasteiger partial charge on any atom is -0.497 e. The van der Waals surface area contributed by atoms with Crippen LogP contribution in [0.1, 0.15) is 24.2 Å². The predicted octanol–water partition coefficient (Wildman–Crippen LogP) is 3.27. The van der Waals surface area contributed by atoms with E-state index in [0.717, 1.165) is 0 Å². The molecular weight excluding hydrogens is 360 g/mol. The van der Waals surface area contributed by atoms with Crippen LogP contribution in [0.3, 0.4) is 0 Å². The molecule has 0 aliphatic carbocycles. The van der Waals surface area contributed by atoms with Crippen LogP contribution in [0, 0.1) is 5.92 Å². The van der Waals surface area contributed by atoms with E-state index in [2.05, 4.69) is 10.6 Å². The molecule has 7 heteroatoms. The second-order valence-electron chi connectivity index (χ2n) is 6.45. The molecule has 2 amide bonds. The van der Waals surface area contributed by atoms with Crippen molar-refractivity contribution in [1.29, 1.82) is 0 Å². The largest absolute Gasteiger partial charge is 0.497 e. The number of hydrogen-bond acceptors (Lipinski definition) is 5. The van der Waals surface area contributed by atoms with Gasteiger partial charge in [0.1, 0.15) is 11.8 Å². The molecule has 0 aliphatic rings. The van der Waals surface area contributed by atoms with E-state index in [9.17, 15) is 14.4 Å². The van der Waals surface area contributed by atoms with E-state index in [0.29, 0.717) is 17.0 Å². The lowest BCUT2D eigenvalue weighted by Gasteiger charge is -2.21. The number of nitrogens with one attached hydrogen (secondary N) is 2. The van der Waals surface area contributed by atoms with Crippen molar-refractivity contribution in [2.24, 2.45) is 5.92 Å². The number of para-hydroxylation sites is 1. The van der Waals surface area contributed by atoms with Crippen LogP contribution in [0.5, 0.6) is 5.75 Å². The Bertz CT molecular complexity index is 803. The monoisotopic (exact) mass is 384 g/mol. The Hall–Kier alpha value is -3.35. The molecule has 0 bridgehead atoms. The summed E-state index contributed by atoms with van der Waals surface area (Å²) in [6, 6.07) is 14.0. The molecule has 1 atom stereocenters. The predicted molar refractivity (Wildman–Crippen MR) is 106 cm³/mol. The van der Waals surface area contributed by atoms with Crippen molar-refractivity contribution in [2.75, 3.05) is 19.0 Å². The number of methoxy groups -OCH3 is 1. The van der Waals surface area contributed by atoms with Gasteiger partial charge in [-0.2, -0.15) is 0 Å². The van der Waals surface area contributed by atoms with Crippen molar-refractivity contribution in [3.05, 3.63) is 60.2 Å². The van der Waals surface area contributed by atoms with Crippen LogP contribution in [0.2, 0.25) is 0 Å². The van der Waals surface area contributed by atoms with Gasteiger partial charge < -0.3 is 20.1 Å². The highest BCUT2D eigenvalue weighted by Gasteiger charge is 2.26. The number of urea groups is 1. The van der Waals surface area contributed by atoms with Crippen molar-refractivity contribution in [1.82, 2.24) is 5.32 Å². The van der Waals surface area contributed by atoms with Gasteiger partial charge in [-0.1, -0.05) is 32.0 Å². The number of Topliss-reactive ketones (excluding diaryl/α,β-unsaturated/α-hetero) is 1. The minimum absolute atomic E-state index is 0.217. The van der Waals surface area contributed by atoms with Crippen molar-refractivity contribution in [2.45, 2.75) is 19.9 Å². The summed E-state index contributed by atoms with van der Waals surface area (Å²) in [5.74, 6) is -0.598. The molecule has 148 valence electrons. The highest BCUT2D eigenvalue weighted by atomic mass is 16.5. The molecule has 0 spiro atoms. The Labute approximate surface area is 164 Å². The van der Waals surface area contributed by atoms with E-state index in [1.165, 1.54) is 7.11 Å². The lowest BCUT2D eigenvalue weighted by atomic mass is 10.0. The normalized spacial score (nSPS) is 11.4. The number of anilines is 1. The second kappa shape index (κ2) is 10.1.